The molecular weight excluding hydrogens is 278 g/mol. The van der Waals surface area contributed by atoms with Crippen molar-refractivity contribution in [3.63, 3.8) is 0 Å². The van der Waals surface area contributed by atoms with Gasteiger partial charge in [-0.1, -0.05) is 0 Å². The van der Waals surface area contributed by atoms with Crippen LogP contribution in [0, 0.1) is 0 Å². The second-order valence-electron chi connectivity index (χ2n) is 5.34. The maximum Gasteiger partial charge on any atom is 0.227 e. The molecule has 0 aliphatic carbocycles. The van der Waals surface area contributed by atoms with Crippen LogP contribution in [0.2, 0.25) is 0 Å². The molecular formula is C16H21N5O. The zero-order valence-corrected chi connectivity index (χ0v) is 12.9. The van der Waals surface area contributed by atoms with E-state index in [2.05, 4.69) is 31.8 Å². The molecule has 3 heterocycles. The maximum atomic E-state index is 5.37. The molecule has 1 saturated heterocycles. The molecule has 6 nitrogen and oxygen atoms in total. The van der Waals surface area contributed by atoms with E-state index in [1.807, 2.05) is 36.8 Å². The van der Waals surface area contributed by atoms with Gasteiger partial charge < -0.3 is 14.5 Å². The van der Waals surface area contributed by atoms with Crippen LogP contribution in [0.5, 0.6) is 0 Å². The third-order valence-electron chi connectivity index (χ3n) is 3.80. The highest BCUT2D eigenvalue weighted by Crippen LogP contribution is 2.15. The molecule has 0 amide bonds. The van der Waals surface area contributed by atoms with Gasteiger partial charge >= 0.3 is 0 Å². The van der Waals surface area contributed by atoms with Crippen molar-refractivity contribution >= 4 is 11.8 Å². The molecule has 0 radical (unpaired) electrons. The summed E-state index contributed by atoms with van der Waals surface area (Å²) in [6, 6.07) is 6.05. The minimum absolute atomic E-state index is 0.742. The van der Waals surface area contributed by atoms with Crippen LogP contribution in [-0.2, 0) is 11.2 Å². The number of aromatic nitrogens is 3. The molecule has 0 unspecified atom stereocenters. The van der Waals surface area contributed by atoms with Gasteiger partial charge in [0.05, 0.1) is 13.2 Å². The van der Waals surface area contributed by atoms with Crippen LogP contribution in [0.4, 0.5) is 11.8 Å². The number of hydrogen-bond acceptors (Lipinski definition) is 6. The Hall–Kier alpha value is -2.21. The van der Waals surface area contributed by atoms with Crippen LogP contribution in [0.1, 0.15) is 5.56 Å². The first-order valence-corrected chi connectivity index (χ1v) is 7.59. The number of nitrogens with zero attached hydrogens (tertiary/aromatic N) is 5. The van der Waals surface area contributed by atoms with Crippen molar-refractivity contribution in [3.05, 3.63) is 42.4 Å². The van der Waals surface area contributed by atoms with E-state index >= 15 is 0 Å². The highest BCUT2D eigenvalue weighted by atomic mass is 16.5. The molecule has 0 aromatic carbocycles. The second kappa shape index (κ2) is 7.17. The largest absolute Gasteiger partial charge is 0.378 e. The number of pyridine rings is 1. The van der Waals surface area contributed by atoms with E-state index in [0.29, 0.717) is 0 Å². The maximum absolute atomic E-state index is 5.37. The molecule has 0 atom stereocenters. The Kier molecular flexibility index (Phi) is 4.80. The molecule has 0 bridgehead atoms. The van der Waals surface area contributed by atoms with Crippen LogP contribution in [0.25, 0.3) is 0 Å². The fourth-order valence-electron chi connectivity index (χ4n) is 2.43. The molecule has 0 saturated carbocycles. The van der Waals surface area contributed by atoms with E-state index in [1.54, 1.807) is 0 Å². The van der Waals surface area contributed by atoms with Gasteiger partial charge in [0.15, 0.2) is 0 Å². The van der Waals surface area contributed by atoms with Crippen LogP contribution in [-0.4, -0.2) is 54.8 Å². The Bertz CT molecular complexity index is 586. The summed E-state index contributed by atoms with van der Waals surface area (Å²) in [5.74, 6) is 1.74. The molecule has 1 fully saturated rings. The standard InChI is InChI=1S/C16H21N5O/c1-20(9-5-14-2-6-17-7-3-14)15-4-8-18-16(19-15)21-10-12-22-13-11-21/h2-4,6-8H,5,9-13H2,1H3. The molecule has 6 heteroatoms. The van der Waals surface area contributed by atoms with Gasteiger partial charge in [-0.2, -0.15) is 4.98 Å². The normalized spacial score (nSPS) is 14.9. The summed E-state index contributed by atoms with van der Waals surface area (Å²) in [5, 5.41) is 0. The van der Waals surface area contributed by atoms with Crippen LogP contribution in [0.15, 0.2) is 36.8 Å². The van der Waals surface area contributed by atoms with Gasteiger partial charge in [-0.3, -0.25) is 4.98 Å². The summed E-state index contributed by atoms with van der Waals surface area (Å²) in [4.78, 5) is 17.4. The van der Waals surface area contributed by atoms with Crippen molar-refractivity contribution in [1.82, 2.24) is 15.0 Å². The molecule has 3 rings (SSSR count). The lowest BCUT2D eigenvalue weighted by Crippen LogP contribution is -2.37. The lowest BCUT2D eigenvalue weighted by atomic mass is 10.2. The summed E-state index contributed by atoms with van der Waals surface area (Å²) in [6.45, 7) is 4.09. The zero-order chi connectivity index (χ0) is 15.2. The first-order valence-electron chi connectivity index (χ1n) is 7.59. The van der Waals surface area contributed by atoms with Gasteiger partial charge in [0.1, 0.15) is 5.82 Å². The van der Waals surface area contributed by atoms with Crippen molar-refractivity contribution < 1.29 is 4.74 Å². The lowest BCUT2D eigenvalue weighted by Gasteiger charge is -2.27. The number of rotatable bonds is 5. The summed E-state index contributed by atoms with van der Waals surface area (Å²) in [7, 11) is 2.06. The molecule has 1 aliphatic heterocycles. The molecule has 2 aromatic heterocycles. The minimum Gasteiger partial charge on any atom is -0.378 e. The molecule has 116 valence electrons. The highest BCUT2D eigenvalue weighted by molar-refractivity contribution is 5.43. The monoisotopic (exact) mass is 299 g/mol. The molecule has 22 heavy (non-hydrogen) atoms. The van der Waals surface area contributed by atoms with E-state index in [0.717, 1.165) is 51.0 Å². The predicted molar refractivity (Wildman–Crippen MR) is 86.3 cm³/mol. The van der Waals surface area contributed by atoms with Crippen molar-refractivity contribution in [3.8, 4) is 0 Å². The van der Waals surface area contributed by atoms with E-state index in [9.17, 15) is 0 Å². The predicted octanol–water partition coefficient (Wildman–Crippen LogP) is 1.39. The molecule has 0 spiro atoms. The number of hydrogen-bond donors (Lipinski definition) is 0. The first kappa shape index (κ1) is 14.7. The van der Waals surface area contributed by atoms with Gasteiger partial charge in [-0.05, 0) is 30.2 Å². The Morgan fingerprint density at radius 1 is 1.14 bits per heavy atom. The molecule has 0 N–H and O–H groups in total. The average molecular weight is 299 g/mol. The summed E-state index contributed by atoms with van der Waals surface area (Å²) in [5.41, 5.74) is 1.28. The van der Waals surface area contributed by atoms with Crippen molar-refractivity contribution in [1.29, 1.82) is 0 Å². The number of morpholine rings is 1. The number of anilines is 2. The summed E-state index contributed by atoms with van der Waals surface area (Å²) >= 11 is 0. The van der Waals surface area contributed by atoms with Gasteiger partial charge in [-0.15, -0.1) is 0 Å². The van der Waals surface area contributed by atoms with E-state index in [4.69, 9.17) is 4.74 Å². The van der Waals surface area contributed by atoms with Crippen LogP contribution >= 0.6 is 0 Å². The third-order valence-corrected chi connectivity index (χ3v) is 3.80. The first-order chi connectivity index (χ1) is 10.8. The quantitative estimate of drug-likeness (QED) is 0.831. The van der Waals surface area contributed by atoms with E-state index in [-0.39, 0.29) is 0 Å². The Morgan fingerprint density at radius 3 is 2.68 bits per heavy atom. The van der Waals surface area contributed by atoms with E-state index < -0.39 is 0 Å². The average Bonchev–Trinajstić information content (AvgIpc) is 2.61. The molecule has 2 aromatic rings. The Labute approximate surface area is 130 Å². The van der Waals surface area contributed by atoms with Crippen molar-refractivity contribution in [2.75, 3.05) is 49.7 Å². The second-order valence-corrected chi connectivity index (χ2v) is 5.34. The minimum atomic E-state index is 0.742. The lowest BCUT2D eigenvalue weighted by molar-refractivity contribution is 0.122. The van der Waals surface area contributed by atoms with Crippen LogP contribution in [0.3, 0.4) is 0 Å². The SMILES string of the molecule is CN(CCc1ccncc1)c1ccnc(N2CCOCC2)n1. The summed E-state index contributed by atoms with van der Waals surface area (Å²) in [6.07, 6.45) is 6.46. The fraction of sp³-hybridized carbons (Fsp3) is 0.438. The zero-order valence-electron chi connectivity index (χ0n) is 12.9. The fourth-order valence-corrected chi connectivity index (χ4v) is 2.43. The Morgan fingerprint density at radius 2 is 1.91 bits per heavy atom. The van der Waals surface area contributed by atoms with E-state index in [1.165, 1.54) is 5.56 Å². The van der Waals surface area contributed by atoms with Crippen molar-refractivity contribution in [2.45, 2.75) is 6.42 Å². The van der Waals surface area contributed by atoms with Crippen molar-refractivity contribution in [2.24, 2.45) is 0 Å². The summed E-state index contributed by atoms with van der Waals surface area (Å²) < 4.78 is 5.37. The topological polar surface area (TPSA) is 54.4 Å². The number of ether oxygens (including phenoxy) is 1. The third kappa shape index (κ3) is 3.71. The Balaban J connectivity index is 1.63. The van der Waals surface area contributed by atoms with Gasteiger partial charge in [0.25, 0.3) is 0 Å². The highest BCUT2D eigenvalue weighted by Gasteiger charge is 2.14. The number of likely N-dealkylation sites (N-methyl/N-ethyl adjacent to an activating group) is 1. The van der Waals surface area contributed by atoms with Gasteiger partial charge in [0.2, 0.25) is 5.95 Å². The molecule has 1 aliphatic rings. The van der Waals surface area contributed by atoms with Gasteiger partial charge in [-0.25, -0.2) is 4.98 Å². The van der Waals surface area contributed by atoms with Gasteiger partial charge in [0, 0.05) is 45.3 Å². The smallest absolute Gasteiger partial charge is 0.227 e. The van der Waals surface area contributed by atoms with Crippen LogP contribution < -0.4 is 9.80 Å².